The number of carboxylic acids is 1. The van der Waals surface area contributed by atoms with Gasteiger partial charge in [0.1, 0.15) is 5.78 Å². The average Bonchev–Trinajstić information content (AvgIpc) is 2.15. The van der Waals surface area contributed by atoms with Crippen molar-refractivity contribution in [1.82, 2.24) is 0 Å². The van der Waals surface area contributed by atoms with Crippen molar-refractivity contribution < 1.29 is 19.5 Å². The Morgan fingerprint density at radius 2 is 2.20 bits per heavy atom. The molecular formula is C11H12O4. The number of allylic oxidation sites excluding steroid dienone is 3. The van der Waals surface area contributed by atoms with Crippen molar-refractivity contribution in [3.63, 3.8) is 0 Å². The molecule has 0 aromatic carbocycles. The van der Waals surface area contributed by atoms with Crippen LogP contribution >= 0.6 is 0 Å². The van der Waals surface area contributed by atoms with Gasteiger partial charge in [-0.1, -0.05) is 12.2 Å². The van der Waals surface area contributed by atoms with Crippen molar-refractivity contribution in [2.45, 2.75) is 13.3 Å². The van der Waals surface area contributed by atoms with E-state index in [2.05, 4.69) is 0 Å². The summed E-state index contributed by atoms with van der Waals surface area (Å²) in [6.45, 7) is 1.42. The van der Waals surface area contributed by atoms with Crippen molar-refractivity contribution in [2.24, 2.45) is 11.8 Å². The fourth-order valence-electron chi connectivity index (χ4n) is 1.58. The Bertz CT molecular complexity index is 352. The first-order valence-electron chi connectivity index (χ1n) is 4.63. The number of carbonyl (C=O) groups excluding carboxylic acids is 2. The molecule has 4 nitrogen and oxygen atoms in total. The molecule has 1 N–H and O–H groups in total. The summed E-state index contributed by atoms with van der Waals surface area (Å²) >= 11 is 0. The van der Waals surface area contributed by atoms with Crippen molar-refractivity contribution in [2.75, 3.05) is 0 Å². The molecule has 0 aromatic heterocycles. The molecule has 0 radical (unpaired) electrons. The smallest absolute Gasteiger partial charge is 0.327 e. The summed E-state index contributed by atoms with van der Waals surface area (Å²) < 4.78 is 0. The largest absolute Gasteiger partial charge is 0.478 e. The first-order chi connectivity index (χ1) is 7.00. The lowest BCUT2D eigenvalue weighted by Crippen LogP contribution is -2.25. The van der Waals surface area contributed by atoms with E-state index in [0.29, 0.717) is 0 Å². The summed E-state index contributed by atoms with van der Waals surface area (Å²) in [6.07, 6.45) is 5.59. The van der Waals surface area contributed by atoms with E-state index in [1.165, 1.54) is 19.1 Å². The Kier molecular flexibility index (Phi) is 3.55. The lowest BCUT2D eigenvalue weighted by atomic mass is 9.81. The molecule has 0 aliphatic heterocycles. The predicted molar refractivity (Wildman–Crippen MR) is 53.2 cm³/mol. The van der Waals surface area contributed by atoms with E-state index in [9.17, 15) is 14.4 Å². The van der Waals surface area contributed by atoms with Gasteiger partial charge in [-0.3, -0.25) is 9.59 Å². The fraction of sp³-hybridized carbons (Fsp3) is 0.364. The number of rotatable bonds is 3. The van der Waals surface area contributed by atoms with Crippen LogP contribution in [0.25, 0.3) is 0 Å². The highest BCUT2D eigenvalue weighted by atomic mass is 16.4. The number of carboxylic acid groups (broad SMARTS) is 1. The highest BCUT2D eigenvalue weighted by molar-refractivity contribution is 5.95. The second kappa shape index (κ2) is 4.68. The molecule has 4 heteroatoms. The van der Waals surface area contributed by atoms with Crippen LogP contribution < -0.4 is 0 Å². The fourth-order valence-corrected chi connectivity index (χ4v) is 1.58. The Labute approximate surface area is 87.3 Å². The van der Waals surface area contributed by atoms with Crippen molar-refractivity contribution in [3.05, 3.63) is 24.3 Å². The molecule has 0 amide bonds. The monoisotopic (exact) mass is 208 g/mol. The highest BCUT2D eigenvalue weighted by Crippen LogP contribution is 2.24. The Hall–Kier alpha value is -1.71. The molecule has 1 rings (SSSR count). The third-order valence-corrected chi connectivity index (χ3v) is 2.37. The van der Waals surface area contributed by atoms with Crippen molar-refractivity contribution >= 4 is 17.5 Å². The van der Waals surface area contributed by atoms with E-state index in [4.69, 9.17) is 5.11 Å². The van der Waals surface area contributed by atoms with E-state index in [0.717, 1.165) is 6.08 Å². The van der Waals surface area contributed by atoms with Gasteiger partial charge in [-0.2, -0.15) is 0 Å². The van der Waals surface area contributed by atoms with E-state index in [1.54, 1.807) is 6.08 Å². The maximum absolute atomic E-state index is 11.2. The van der Waals surface area contributed by atoms with Gasteiger partial charge in [0.05, 0.1) is 0 Å². The molecule has 0 bridgehead atoms. The minimum atomic E-state index is -1.05. The summed E-state index contributed by atoms with van der Waals surface area (Å²) in [7, 11) is 0. The van der Waals surface area contributed by atoms with Gasteiger partial charge in [-0.25, -0.2) is 4.79 Å². The average molecular weight is 208 g/mol. The van der Waals surface area contributed by atoms with Crippen LogP contribution in [-0.4, -0.2) is 22.6 Å². The zero-order chi connectivity index (χ0) is 11.4. The standard InChI is InChI=1S/C11H12O4/c1-7(12)10-6-9(13)4-2-8(10)3-5-11(14)15/h2-5,8,10H,6H2,1H3,(H,14,15). The number of Topliss-reactive ketones (excluding diaryl/α,β-unsaturated/α-hetero) is 1. The molecule has 0 aromatic rings. The number of ketones is 2. The lowest BCUT2D eigenvalue weighted by Gasteiger charge is -2.21. The van der Waals surface area contributed by atoms with E-state index < -0.39 is 11.9 Å². The van der Waals surface area contributed by atoms with Crippen LogP contribution in [0.2, 0.25) is 0 Å². The normalized spacial score (nSPS) is 25.8. The molecule has 0 fully saturated rings. The maximum Gasteiger partial charge on any atom is 0.327 e. The van der Waals surface area contributed by atoms with Gasteiger partial charge in [0, 0.05) is 24.3 Å². The van der Waals surface area contributed by atoms with Gasteiger partial charge in [-0.05, 0) is 13.0 Å². The molecule has 2 atom stereocenters. The Balaban J connectivity index is 2.84. The summed E-state index contributed by atoms with van der Waals surface area (Å²) in [4.78, 5) is 32.6. The Morgan fingerprint density at radius 3 is 2.73 bits per heavy atom. The predicted octanol–water partition coefficient (Wildman–Crippen LogP) is 0.978. The second-order valence-electron chi connectivity index (χ2n) is 3.52. The summed E-state index contributed by atoms with van der Waals surface area (Å²) in [5.41, 5.74) is 0. The van der Waals surface area contributed by atoms with Crippen LogP contribution in [-0.2, 0) is 14.4 Å². The van der Waals surface area contributed by atoms with Crippen LogP contribution in [0, 0.1) is 11.8 Å². The first kappa shape index (κ1) is 11.4. The SMILES string of the molecule is CC(=O)C1CC(=O)C=CC1C=CC(=O)O. The molecule has 0 saturated heterocycles. The number of aliphatic carboxylic acids is 1. The molecule has 0 spiro atoms. The van der Waals surface area contributed by atoms with Gasteiger partial charge in [0.25, 0.3) is 0 Å². The zero-order valence-electron chi connectivity index (χ0n) is 8.34. The molecule has 0 saturated carbocycles. The van der Waals surface area contributed by atoms with Crippen LogP contribution in [0.1, 0.15) is 13.3 Å². The minimum Gasteiger partial charge on any atom is -0.478 e. The molecule has 80 valence electrons. The highest BCUT2D eigenvalue weighted by Gasteiger charge is 2.27. The van der Waals surface area contributed by atoms with E-state index in [1.807, 2.05) is 0 Å². The maximum atomic E-state index is 11.2. The topological polar surface area (TPSA) is 71.4 Å². The van der Waals surface area contributed by atoms with Crippen molar-refractivity contribution in [1.29, 1.82) is 0 Å². The molecular weight excluding hydrogens is 196 g/mol. The van der Waals surface area contributed by atoms with Gasteiger partial charge in [0.2, 0.25) is 0 Å². The molecule has 2 unspecified atom stereocenters. The van der Waals surface area contributed by atoms with E-state index >= 15 is 0 Å². The number of hydrogen-bond donors (Lipinski definition) is 1. The molecule has 1 aliphatic rings. The van der Waals surface area contributed by atoms with Crippen LogP contribution in [0.5, 0.6) is 0 Å². The van der Waals surface area contributed by atoms with Gasteiger partial charge < -0.3 is 5.11 Å². The second-order valence-corrected chi connectivity index (χ2v) is 3.52. The third-order valence-electron chi connectivity index (χ3n) is 2.37. The number of hydrogen-bond acceptors (Lipinski definition) is 3. The molecule has 1 aliphatic carbocycles. The summed E-state index contributed by atoms with van der Waals surface area (Å²) in [6, 6.07) is 0. The van der Waals surface area contributed by atoms with Gasteiger partial charge in [-0.15, -0.1) is 0 Å². The molecule has 0 heterocycles. The van der Waals surface area contributed by atoms with Crippen LogP contribution in [0.15, 0.2) is 24.3 Å². The summed E-state index contributed by atoms with van der Waals surface area (Å²) in [5.74, 6) is -1.93. The minimum absolute atomic E-state index is 0.0878. The van der Waals surface area contributed by atoms with Crippen LogP contribution in [0.3, 0.4) is 0 Å². The molecule has 15 heavy (non-hydrogen) atoms. The van der Waals surface area contributed by atoms with Crippen LogP contribution in [0.4, 0.5) is 0 Å². The number of carbonyl (C=O) groups is 3. The van der Waals surface area contributed by atoms with Gasteiger partial charge >= 0.3 is 5.97 Å². The third kappa shape index (κ3) is 3.16. The lowest BCUT2D eigenvalue weighted by molar-refractivity contribution is -0.131. The Morgan fingerprint density at radius 1 is 1.53 bits per heavy atom. The van der Waals surface area contributed by atoms with Crippen molar-refractivity contribution in [3.8, 4) is 0 Å². The first-order valence-corrected chi connectivity index (χ1v) is 4.63. The summed E-state index contributed by atoms with van der Waals surface area (Å²) in [5, 5.41) is 8.46. The zero-order valence-corrected chi connectivity index (χ0v) is 8.34. The quantitative estimate of drug-likeness (QED) is 0.702. The van der Waals surface area contributed by atoms with E-state index in [-0.39, 0.29) is 23.9 Å². The van der Waals surface area contributed by atoms with Gasteiger partial charge in [0.15, 0.2) is 5.78 Å².